The molecule has 0 bridgehead atoms. The Bertz CT molecular complexity index is 735. The van der Waals surface area contributed by atoms with Crippen molar-refractivity contribution in [2.24, 2.45) is 0 Å². The number of hydrogen-bond donors (Lipinski definition) is 0. The van der Waals surface area contributed by atoms with E-state index >= 15 is 0 Å². The standard InChI is InChI=1S/C14H11F3N4S/c15-14(16,17)9-21-12(7-10-3-6-22-8-10)19-13(20-21)11-1-4-18-5-2-11/h1-6,8H,7,9H2. The molecule has 0 spiro atoms. The van der Waals surface area contributed by atoms with Crippen molar-refractivity contribution in [2.45, 2.75) is 19.1 Å². The quantitative estimate of drug-likeness (QED) is 0.737. The van der Waals surface area contributed by atoms with Crippen LogP contribution in [0.25, 0.3) is 11.4 Å². The van der Waals surface area contributed by atoms with Gasteiger partial charge in [-0.05, 0) is 34.5 Å². The predicted molar refractivity (Wildman–Crippen MR) is 76.4 cm³/mol. The van der Waals surface area contributed by atoms with E-state index in [0.29, 0.717) is 17.8 Å². The molecule has 0 aliphatic carbocycles. The summed E-state index contributed by atoms with van der Waals surface area (Å²) in [6.45, 7) is -1.15. The van der Waals surface area contributed by atoms with E-state index in [0.717, 1.165) is 10.2 Å². The summed E-state index contributed by atoms with van der Waals surface area (Å²) in [7, 11) is 0. The largest absolute Gasteiger partial charge is 0.408 e. The minimum atomic E-state index is -4.34. The number of alkyl halides is 3. The van der Waals surface area contributed by atoms with E-state index in [1.807, 2.05) is 16.8 Å². The lowest BCUT2D eigenvalue weighted by Crippen LogP contribution is -2.20. The molecule has 4 nitrogen and oxygen atoms in total. The molecular weight excluding hydrogens is 313 g/mol. The molecule has 0 aromatic carbocycles. The van der Waals surface area contributed by atoms with Crippen molar-refractivity contribution in [3.63, 3.8) is 0 Å². The predicted octanol–water partition coefficient (Wildman–Crippen LogP) is 3.55. The van der Waals surface area contributed by atoms with E-state index in [9.17, 15) is 13.2 Å². The number of nitrogens with zero attached hydrogens (tertiary/aromatic N) is 4. The fourth-order valence-corrected chi connectivity index (χ4v) is 2.67. The van der Waals surface area contributed by atoms with E-state index in [2.05, 4.69) is 15.1 Å². The van der Waals surface area contributed by atoms with Gasteiger partial charge in [-0.25, -0.2) is 9.67 Å². The summed E-state index contributed by atoms with van der Waals surface area (Å²) in [6, 6.07) is 5.20. The van der Waals surface area contributed by atoms with E-state index in [1.165, 1.54) is 11.3 Å². The van der Waals surface area contributed by atoms with Gasteiger partial charge in [-0.3, -0.25) is 4.98 Å². The highest BCUT2D eigenvalue weighted by Crippen LogP contribution is 2.22. The van der Waals surface area contributed by atoms with Crippen LogP contribution in [0, 0.1) is 0 Å². The van der Waals surface area contributed by atoms with Crippen LogP contribution in [-0.2, 0) is 13.0 Å². The zero-order valence-electron chi connectivity index (χ0n) is 11.3. The van der Waals surface area contributed by atoms with Gasteiger partial charge in [0.05, 0.1) is 0 Å². The third-order valence-electron chi connectivity index (χ3n) is 2.96. The summed E-state index contributed by atoms with van der Waals surface area (Å²) < 4.78 is 39.1. The van der Waals surface area contributed by atoms with Crippen molar-refractivity contribution in [1.29, 1.82) is 0 Å². The zero-order valence-corrected chi connectivity index (χ0v) is 12.1. The maximum absolute atomic E-state index is 12.7. The van der Waals surface area contributed by atoms with Crippen molar-refractivity contribution >= 4 is 11.3 Å². The lowest BCUT2D eigenvalue weighted by molar-refractivity contribution is -0.143. The summed E-state index contributed by atoms with van der Waals surface area (Å²) in [4.78, 5) is 8.15. The first-order valence-electron chi connectivity index (χ1n) is 6.43. The molecule has 3 aromatic heterocycles. The molecule has 0 amide bonds. The summed E-state index contributed by atoms with van der Waals surface area (Å²) in [5.74, 6) is 0.569. The van der Waals surface area contributed by atoms with Crippen LogP contribution in [0.2, 0.25) is 0 Å². The third-order valence-corrected chi connectivity index (χ3v) is 3.69. The first-order valence-corrected chi connectivity index (χ1v) is 7.37. The van der Waals surface area contributed by atoms with E-state index < -0.39 is 12.7 Å². The van der Waals surface area contributed by atoms with Crippen LogP contribution in [0.3, 0.4) is 0 Å². The van der Waals surface area contributed by atoms with Crippen LogP contribution in [0.1, 0.15) is 11.4 Å². The maximum atomic E-state index is 12.7. The Morgan fingerprint density at radius 1 is 1.14 bits per heavy atom. The molecule has 0 unspecified atom stereocenters. The van der Waals surface area contributed by atoms with Gasteiger partial charge < -0.3 is 0 Å². The molecule has 114 valence electrons. The average Bonchev–Trinajstić information content (AvgIpc) is 3.10. The van der Waals surface area contributed by atoms with Crippen LogP contribution in [0.5, 0.6) is 0 Å². The highest BCUT2D eigenvalue weighted by molar-refractivity contribution is 7.07. The van der Waals surface area contributed by atoms with Crippen LogP contribution >= 0.6 is 11.3 Å². The van der Waals surface area contributed by atoms with E-state index in [4.69, 9.17) is 0 Å². The highest BCUT2D eigenvalue weighted by Gasteiger charge is 2.30. The molecule has 0 aliphatic heterocycles. The Balaban J connectivity index is 1.96. The molecule has 0 saturated carbocycles. The second-order valence-electron chi connectivity index (χ2n) is 4.67. The Morgan fingerprint density at radius 2 is 1.91 bits per heavy atom. The van der Waals surface area contributed by atoms with Crippen LogP contribution in [0.15, 0.2) is 41.4 Å². The molecule has 0 radical (unpaired) electrons. The molecule has 0 N–H and O–H groups in total. The first kappa shape index (κ1) is 14.7. The second kappa shape index (κ2) is 5.88. The van der Waals surface area contributed by atoms with Crippen LogP contribution in [-0.4, -0.2) is 25.9 Å². The number of hydrogen-bond acceptors (Lipinski definition) is 4. The molecule has 0 atom stereocenters. The van der Waals surface area contributed by atoms with E-state index in [-0.39, 0.29) is 5.82 Å². The number of halogens is 3. The molecule has 8 heteroatoms. The summed E-state index contributed by atoms with van der Waals surface area (Å²) in [5.41, 5.74) is 1.56. The van der Waals surface area contributed by atoms with Crippen LogP contribution in [0.4, 0.5) is 13.2 Å². The molecule has 0 saturated heterocycles. The third kappa shape index (κ3) is 3.51. The Hall–Kier alpha value is -2.22. The van der Waals surface area contributed by atoms with Gasteiger partial charge in [0.15, 0.2) is 5.82 Å². The second-order valence-corrected chi connectivity index (χ2v) is 5.45. The molecule has 3 rings (SSSR count). The van der Waals surface area contributed by atoms with Gasteiger partial charge in [0.2, 0.25) is 0 Å². The highest BCUT2D eigenvalue weighted by atomic mass is 32.1. The molecule has 0 aliphatic rings. The summed E-state index contributed by atoms with van der Waals surface area (Å²) >= 11 is 1.49. The zero-order chi connectivity index (χ0) is 15.6. The van der Waals surface area contributed by atoms with E-state index in [1.54, 1.807) is 24.5 Å². The molecule has 3 aromatic rings. The summed E-state index contributed by atoms with van der Waals surface area (Å²) in [6.07, 6.45) is -0.916. The molecular formula is C14H11F3N4S. The average molecular weight is 324 g/mol. The Morgan fingerprint density at radius 3 is 2.55 bits per heavy atom. The molecule has 22 heavy (non-hydrogen) atoms. The topological polar surface area (TPSA) is 43.6 Å². The van der Waals surface area contributed by atoms with Crippen molar-refractivity contribution in [1.82, 2.24) is 19.7 Å². The molecule has 0 fully saturated rings. The normalized spacial score (nSPS) is 11.8. The number of thiophene rings is 1. The van der Waals surface area contributed by atoms with Crippen molar-refractivity contribution in [3.05, 3.63) is 52.7 Å². The van der Waals surface area contributed by atoms with Crippen LogP contribution < -0.4 is 0 Å². The van der Waals surface area contributed by atoms with Crippen molar-refractivity contribution < 1.29 is 13.2 Å². The number of rotatable bonds is 4. The maximum Gasteiger partial charge on any atom is 0.408 e. The van der Waals surface area contributed by atoms with Crippen molar-refractivity contribution in [2.75, 3.05) is 0 Å². The Kier molecular flexibility index (Phi) is 3.93. The van der Waals surface area contributed by atoms with Gasteiger partial charge in [0.25, 0.3) is 0 Å². The van der Waals surface area contributed by atoms with Gasteiger partial charge in [-0.2, -0.15) is 29.6 Å². The summed E-state index contributed by atoms with van der Waals surface area (Å²) in [5, 5.41) is 7.77. The Labute approximate surface area is 128 Å². The monoisotopic (exact) mass is 324 g/mol. The van der Waals surface area contributed by atoms with Gasteiger partial charge in [-0.15, -0.1) is 0 Å². The minimum Gasteiger partial charge on any atom is -0.265 e. The number of pyridine rings is 1. The fourth-order valence-electron chi connectivity index (χ4n) is 2.00. The minimum absolute atomic E-state index is 0.275. The smallest absolute Gasteiger partial charge is 0.265 e. The first-order chi connectivity index (χ1) is 10.5. The SMILES string of the molecule is FC(F)(F)Cn1nc(-c2ccncc2)nc1Cc1ccsc1. The van der Waals surface area contributed by atoms with Gasteiger partial charge >= 0.3 is 6.18 Å². The van der Waals surface area contributed by atoms with Gasteiger partial charge in [0.1, 0.15) is 12.4 Å². The lowest BCUT2D eigenvalue weighted by atomic mass is 10.2. The fraction of sp³-hybridized carbons (Fsp3) is 0.214. The number of aromatic nitrogens is 4. The lowest BCUT2D eigenvalue weighted by Gasteiger charge is -2.08. The van der Waals surface area contributed by atoms with Crippen molar-refractivity contribution in [3.8, 4) is 11.4 Å². The van der Waals surface area contributed by atoms with Gasteiger partial charge in [0, 0.05) is 24.4 Å². The van der Waals surface area contributed by atoms with Gasteiger partial charge in [-0.1, -0.05) is 0 Å². The molecule has 3 heterocycles.